The molecule has 23 heavy (non-hydrogen) atoms. The molecule has 1 fully saturated rings. The zero-order valence-electron chi connectivity index (χ0n) is 13.2. The van der Waals surface area contributed by atoms with Crippen LogP contribution < -0.4 is 10.1 Å². The SMILES string of the molecule is CC(Oc1ccccc1F)C(=O)NCC1(C(=O)O)CCCCC1. The number of halogens is 1. The van der Waals surface area contributed by atoms with Crippen LogP contribution in [0.15, 0.2) is 24.3 Å². The Hall–Kier alpha value is -2.11. The smallest absolute Gasteiger partial charge is 0.311 e. The first kappa shape index (κ1) is 17.2. The molecule has 1 aliphatic carbocycles. The number of rotatable bonds is 6. The number of amides is 1. The number of aliphatic carboxylic acids is 1. The highest BCUT2D eigenvalue weighted by Gasteiger charge is 2.40. The van der Waals surface area contributed by atoms with Crippen molar-refractivity contribution in [1.82, 2.24) is 5.32 Å². The topological polar surface area (TPSA) is 75.6 Å². The molecular weight excluding hydrogens is 301 g/mol. The van der Waals surface area contributed by atoms with E-state index in [-0.39, 0.29) is 12.3 Å². The summed E-state index contributed by atoms with van der Waals surface area (Å²) in [6, 6.07) is 5.84. The van der Waals surface area contributed by atoms with Gasteiger partial charge in [0.25, 0.3) is 5.91 Å². The van der Waals surface area contributed by atoms with Crippen molar-refractivity contribution in [3.05, 3.63) is 30.1 Å². The molecule has 0 spiro atoms. The fourth-order valence-electron chi connectivity index (χ4n) is 2.88. The molecule has 1 saturated carbocycles. The Labute approximate surface area is 134 Å². The quantitative estimate of drug-likeness (QED) is 0.844. The fraction of sp³-hybridized carbons (Fsp3) is 0.529. The van der Waals surface area contributed by atoms with Gasteiger partial charge in [-0.25, -0.2) is 4.39 Å². The van der Waals surface area contributed by atoms with E-state index in [2.05, 4.69) is 5.32 Å². The molecule has 2 N–H and O–H groups in total. The normalized spacial score (nSPS) is 18.0. The second-order valence-electron chi connectivity index (χ2n) is 6.05. The number of carboxylic acids is 1. The second kappa shape index (κ2) is 7.44. The summed E-state index contributed by atoms with van der Waals surface area (Å²) < 4.78 is 18.8. The largest absolute Gasteiger partial charge is 0.481 e. The van der Waals surface area contributed by atoms with Crippen molar-refractivity contribution in [3.63, 3.8) is 0 Å². The van der Waals surface area contributed by atoms with Crippen LogP contribution in [0.5, 0.6) is 5.75 Å². The molecule has 2 rings (SSSR count). The van der Waals surface area contributed by atoms with Gasteiger partial charge in [-0.3, -0.25) is 9.59 Å². The summed E-state index contributed by atoms with van der Waals surface area (Å²) in [6.07, 6.45) is 2.94. The Kier molecular flexibility index (Phi) is 5.58. The summed E-state index contributed by atoms with van der Waals surface area (Å²) in [5.41, 5.74) is -0.897. The minimum Gasteiger partial charge on any atom is -0.481 e. The van der Waals surface area contributed by atoms with Gasteiger partial charge in [-0.15, -0.1) is 0 Å². The molecule has 6 heteroatoms. The number of nitrogens with one attached hydrogen (secondary N) is 1. The van der Waals surface area contributed by atoms with Crippen LogP contribution in [-0.4, -0.2) is 29.6 Å². The molecule has 126 valence electrons. The Morgan fingerprint density at radius 3 is 2.57 bits per heavy atom. The molecule has 1 aromatic carbocycles. The number of ether oxygens (including phenoxy) is 1. The van der Waals surface area contributed by atoms with Crippen molar-refractivity contribution < 1.29 is 23.8 Å². The molecule has 0 aromatic heterocycles. The molecule has 0 aliphatic heterocycles. The van der Waals surface area contributed by atoms with Crippen molar-refractivity contribution in [1.29, 1.82) is 0 Å². The van der Waals surface area contributed by atoms with E-state index >= 15 is 0 Å². The van der Waals surface area contributed by atoms with E-state index < -0.39 is 29.2 Å². The lowest BCUT2D eigenvalue weighted by Gasteiger charge is -2.33. The van der Waals surface area contributed by atoms with E-state index in [0.29, 0.717) is 12.8 Å². The highest BCUT2D eigenvalue weighted by atomic mass is 19.1. The van der Waals surface area contributed by atoms with Crippen molar-refractivity contribution in [2.75, 3.05) is 6.54 Å². The monoisotopic (exact) mass is 323 g/mol. The van der Waals surface area contributed by atoms with E-state index in [1.165, 1.54) is 25.1 Å². The summed E-state index contributed by atoms with van der Waals surface area (Å²) in [5, 5.41) is 12.1. The maximum Gasteiger partial charge on any atom is 0.311 e. The standard InChI is InChI=1S/C17H22FNO4/c1-12(23-14-8-4-3-7-13(14)18)15(20)19-11-17(16(21)22)9-5-2-6-10-17/h3-4,7-8,12H,2,5-6,9-11H2,1H3,(H,19,20)(H,21,22). The summed E-state index contributed by atoms with van der Waals surface area (Å²) in [4.78, 5) is 23.7. The number of para-hydroxylation sites is 1. The predicted octanol–water partition coefficient (Wildman–Crippen LogP) is 2.74. The molecule has 5 nitrogen and oxygen atoms in total. The number of carboxylic acid groups (broad SMARTS) is 1. The average Bonchev–Trinajstić information content (AvgIpc) is 2.55. The Morgan fingerprint density at radius 1 is 1.30 bits per heavy atom. The van der Waals surface area contributed by atoms with Gasteiger partial charge in [0.2, 0.25) is 0 Å². The minimum atomic E-state index is -0.902. The van der Waals surface area contributed by atoms with Crippen LogP contribution >= 0.6 is 0 Å². The lowest BCUT2D eigenvalue weighted by molar-refractivity contribution is -0.151. The third-order valence-corrected chi connectivity index (χ3v) is 4.37. The average molecular weight is 323 g/mol. The summed E-state index contributed by atoms with van der Waals surface area (Å²) in [5.74, 6) is -1.86. The van der Waals surface area contributed by atoms with Gasteiger partial charge >= 0.3 is 5.97 Å². The molecule has 0 bridgehead atoms. The van der Waals surface area contributed by atoms with E-state index in [4.69, 9.17) is 4.74 Å². The first-order valence-electron chi connectivity index (χ1n) is 7.87. The van der Waals surface area contributed by atoms with Crippen LogP contribution in [0, 0.1) is 11.2 Å². The number of benzene rings is 1. The maximum absolute atomic E-state index is 13.5. The third-order valence-electron chi connectivity index (χ3n) is 4.37. The van der Waals surface area contributed by atoms with E-state index in [1.54, 1.807) is 6.07 Å². The molecule has 0 radical (unpaired) electrons. The predicted molar refractivity (Wildman–Crippen MR) is 82.7 cm³/mol. The molecule has 1 aliphatic rings. The first-order chi connectivity index (χ1) is 10.9. The zero-order valence-corrected chi connectivity index (χ0v) is 13.2. The van der Waals surface area contributed by atoms with Crippen molar-refractivity contribution in [2.45, 2.75) is 45.1 Å². The van der Waals surface area contributed by atoms with Crippen LogP contribution in [0.2, 0.25) is 0 Å². The Bertz CT molecular complexity index is 569. The Balaban J connectivity index is 1.93. The molecule has 0 heterocycles. The summed E-state index contributed by atoms with van der Waals surface area (Å²) in [6.45, 7) is 1.59. The first-order valence-corrected chi connectivity index (χ1v) is 7.87. The molecule has 0 saturated heterocycles. The fourth-order valence-corrected chi connectivity index (χ4v) is 2.88. The van der Waals surface area contributed by atoms with Crippen LogP contribution in [0.4, 0.5) is 4.39 Å². The van der Waals surface area contributed by atoms with Gasteiger partial charge in [-0.05, 0) is 31.9 Å². The van der Waals surface area contributed by atoms with E-state index in [0.717, 1.165) is 19.3 Å². The molecular formula is C17H22FNO4. The molecule has 1 aromatic rings. The second-order valence-corrected chi connectivity index (χ2v) is 6.05. The van der Waals surface area contributed by atoms with Crippen LogP contribution in [0.3, 0.4) is 0 Å². The van der Waals surface area contributed by atoms with Gasteiger partial charge in [0.1, 0.15) is 0 Å². The molecule has 1 amide bonds. The zero-order chi connectivity index (χ0) is 16.9. The number of hydrogen-bond donors (Lipinski definition) is 2. The maximum atomic E-state index is 13.5. The van der Waals surface area contributed by atoms with Crippen molar-refractivity contribution >= 4 is 11.9 Å². The Morgan fingerprint density at radius 2 is 1.96 bits per heavy atom. The lowest BCUT2D eigenvalue weighted by Crippen LogP contribution is -2.47. The van der Waals surface area contributed by atoms with Gasteiger partial charge in [0.05, 0.1) is 5.41 Å². The van der Waals surface area contributed by atoms with Gasteiger partial charge in [0.15, 0.2) is 17.7 Å². The van der Waals surface area contributed by atoms with E-state index in [9.17, 15) is 19.1 Å². The lowest BCUT2D eigenvalue weighted by atomic mass is 9.74. The number of carbonyl (C=O) groups is 2. The molecule has 1 unspecified atom stereocenters. The van der Waals surface area contributed by atoms with Crippen LogP contribution in [0.1, 0.15) is 39.0 Å². The van der Waals surface area contributed by atoms with E-state index in [1.807, 2.05) is 0 Å². The molecule has 1 atom stereocenters. The minimum absolute atomic E-state index is 0.000708. The number of carbonyl (C=O) groups excluding carboxylic acids is 1. The van der Waals surface area contributed by atoms with Crippen molar-refractivity contribution in [3.8, 4) is 5.75 Å². The van der Waals surface area contributed by atoms with Crippen LogP contribution in [-0.2, 0) is 9.59 Å². The highest BCUT2D eigenvalue weighted by molar-refractivity contribution is 5.82. The van der Waals surface area contributed by atoms with Crippen LogP contribution in [0.25, 0.3) is 0 Å². The van der Waals surface area contributed by atoms with Gasteiger partial charge in [-0.1, -0.05) is 31.4 Å². The highest BCUT2D eigenvalue weighted by Crippen LogP contribution is 2.36. The van der Waals surface area contributed by atoms with Gasteiger partial charge in [0, 0.05) is 6.54 Å². The van der Waals surface area contributed by atoms with Gasteiger partial charge in [-0.2, -0.15) is 0 Å². The number of hydrogen-bond acceptors (Lipinski definition) is 3. The summed E-state index contributed by atoms with van der Waals surface area (Å²) >= 11 is 0. The van der Waals surface area contributed by atoms with Gasteiger partial charge < -0.3 is 15.2 Å². The third kappa shape index (κ3) is 4.21. The summed E-state index contributed by atoms with van der Waals surface area (Å²) in [7, 11) is 0. The van der Waals surface area contributed by atoms with Crippen molar-refractivity contribution in [2.24, 2.45) is 5.41 Å².